The first-order chi connectivity index (χ1) is 6.81. The maximum atomic E-state index is 9.12. The van der Waals surface area contributed by atoms with Gasteiger partial charge in [-0.2, -0.15) is 0 Å². The predicted octanol–water partition coefficient (Wildman–Crippen LogP) is -3.56. The number of aliphatic hydroxyl groups is 3. The second-order valence-electron chi connectivity index (χ2n) is 1.30. The number of rotatable bonds is 3. The van der Waals surface area contributed by atoms with Gasteiger partial charge >= 0.3 is 22.4 Å². The molecule has 13 heteroatoms. The Kier molecular flexibility index (Phi) is 34.2. The summed E-state index contributed by atoms with van der Waals surface area (Å²) in [5, 5.41) is 22.6. The summed E-state index contributed by atoms with van der Waals surface area (Å²) in [6.07, 6.45) is 0. The van der Waals surface area contributed by atoms with Crippen LogP contribution in [0.4, 0.5) is 0 Å². The van der Waals surface area contributed by atoms with Crippen LogP contribution in [0.25, 0.3) is 0 Å². The molecule has 0 bridgehead atoms. The van der Waals surface area contributed by atoms with E-state index < -0.39 is 51.1 Å². The molecule has 3 atom stereocenters. The largest absolute Gasteiger partial charge is 3.00 e. The number of hydrogen-bond acceptors (Lipinski definition) is 9. The van der Waals surface area contributed by atoms with Crippen LogP contribution in [-0.2, 0) is 55.6 Å². The van der Waals surface area contributed by atoms with Crippen molar-refractivity contribution in [3.63, 3.8) is 0 Å². The molecule has 0 aliphatic rings. The van der Waals surface area contributed by atoms with E-state index in [2.05, 4.69) is 0 Å². The van der Waals surface area contributed by atoms with E-state index >= 15 is 0 Å². The van der Waals surface area contributed by atoms with Gasteiger partial charge in [0.05, 0.1) is 0 Å². The van der Waals surface area contributed by atoms with Gasteiger partial charge < -0.3 is 29.0 Å². The molecule has 0 aliphatic heterocycles. The zero-order valence-electron chi connectivity index (χ0n) is 7.44. The maximum absolute atomic E-state index is 9.12. The minimum Gasteiger partial charge on any atom is -0.771 e. The Morgan fingerprint density at radius 2 is 0.750 bits per heavy atom. The van der Waals surface area contributed by atoms with Crippen molar-refractivity contribution in [3.05, 3.63) is 0 Å². The van der Waals surface area contributed by atoms with E-state index in [0.717, 1.165) is 0 Å². The van der Waals surface area contributed by atoms with Gasteiger partial charge in [-0.25, -0.2) is 0 Å². The zero-order chi connectivity index (χ0) is 12.9. The van der Waals surface area contributed by atoms with Gasteiger partial charge in [-0.3, -0.25) is 12.6 Å². The molecule has 0 saturated heterocycles. The summed E-state index contributed by atoms with van der Waals surface area (Å²) < 4.78 is 54.7. The molecule has 0 aromatic rings. The number of aliphatic hydroxyl groups excluding tert-OH is 3. The molecule has 16 heavy (non-hydrogen) atoms. The van der Waals surface area contributed by atoms with Crippen LogP contribution in [0, 0.1) is 0 Å². The van der Waals surface area contributed by atoms with Crippen LogP contribution >= 0.6 is 0 Å². The summed E-state index contributed by atoms with van der Waals surface area (Å²) in [5.41, 5.74) is 0. The summed E-state index contributed by atoms with van der Waals surface area (Å²) in [6.45, 7) is 0. The summed E-state index contributed by atoms with van der Waals surface area (Å²) in [5.74, 6) is -2.33. The Morgan fingerprint density at radius 1 is 0.688 bits per heavy atom. The maximum Gasteiger partial charge on any atom is 3.00 e. The molecule has 3 N–H and O–H groups in total. The molecule has 0 spiro atoms. The molecule has 0 amide bonds. The van der Waals surface area contributed by atoms with Crippen LogP contribution in [-0.4, -0.2) is 59.4 Å². The third-order valence-corrected chi connectivity index (χ3v) is 0.949. The molecule has 0 aromatic carbocycles. The van der Waals surface area contributed by atoms with E-state index in [1.54, 1.807) is 0 Å². The molecule has 0 aromatic heterocycles. The second-order valence-corrected chi connectivity index (χ2v) is 3.90. The minimum atomic E-state index is -2.27. The summed E-state index contributed by atoms with van der Waals surface area (Å²) in [6, 6.07) is 0. The Morgan fingerprint density at radius 3 is 0.750 bits per heavy atom. The van der Waals surface area contributed by atoms with E-state index in [9.17, 15) is 0 Å². The molecule has 0 fully saturated rings. The summed E-state index contributed by atoms with van der Waals surface area (Å²) in [4.78, 5) is 0. The standard InChI is InChI=1S/3CH4O3S.Au/c3*2-1-5(3)4;/h3*2H,1H2,(H,3,4);/q;;;+3/p-3. The first kappa shape index (κ1) is 25.7. The van der Waals surface area contributed by atoms with Crippen molar-refractivity contribution < 1.29 is 64.0 Å². The van der Waals surface area contributed by atoms with Gasteiger partial charge in [-0.1, -0.05) is 0 Å². The van der Waals surface area contributed by atoms with Gasteiger partial charge in [0.25, 0.3) is 0 Å². The third kappa shape index (κ3) is 60.2. The van der Waals surface area contributed by atoms with Crippen molar-refractivity contribution in [2.24, 2.45) is 0 Å². The first-order valence-electron chi connectivity index (χ1n) is 2.81. The van der Waals surface area contributed by atoms with E-state index in [-0.39, 0.29) is 22.4 Å². The van der Waals surface area contributed by atoms with Crippen LogP contribution in [0.2, 0.25) is 0 Å². The molecule has 104 valence electrons. The molecular formula is C3H9AuO9S3. The van der Waals surface area contributed by atoms with Gasteiger partial charge in [0.15, 0.2) is 0 Å². The van der Waals surface area contributed by atoms with Crippen molar-refractivity contribution in [3.8, 4) is 0 Å². The van der Waals surface area contributed by atoms with Crippen LogP contribution in [0.15, 0.2) is 0 Å². The smallest absolute Gasteiger partial charge is 0.771 e. The molecule has 3 unspecified atom stereocenters. The van der Waals surface area contributed by atoms with E-state index in [1.807, 2.05) is 0 Å². The van der Waals surface area contributed by atoms with Gasteiger partial charge in [0.2, 0.25) is 0 Å². The van der Waals surface area contributed by atoms with E-state index in [1.165, 1.54) is 0 Å². The van der Waals surface area contributed by atoms with Gasteiger partial charge in [-0.15, -0.1) is 0 Å². The molecule has 0 radical (unpaired) electrons. The van der Waals surface area contributed by atoms with E-state index in [0.29, 0.717) is 0 Å². The van der Waals surface area contributed by atoms with Crippen LogP contribution < -0.4 is 0 Å². The Bertz CT molecular complexity index is 165. The SMILES string of the molecule is O=S([O-])CO.O=S([O-])CO.O=S([O-])CO.[Au+3]. The third-order valence-electron chi connectivity index (χ3n) is 0.316. The fourth-order valence-electron chi connectivity index (χ4n) is 0. The van der Waals surface area contributed by atoms with Crippen LogP contribution in [0.5, 0.6) is 0 Å². The Labute approximate surface area is 115 Å². The monoisotopic (exact) mass is 482 g/mol. The first-order valence-corrected chi connectivity index (χ1v) is 6.55. The van der Waals surface area contributed by atoms with Gasteiger partial charge in [-0.05, 0) is 33.2 Å². The van der Waals surface area contributed by atoms with Crippen molar-refractivity contribution in [1.82, 2.24) is 0 Å². The minimum absolute atomic E-state index is 0. The fourth-order valence-corrected chi connectivity index (χ4v) is 0. The van der Waals surface area contributed by atoms with Gasteiger partial charge in [0, 0.05) is 0 Å². The van der Waals surface area contributed by atoms with Crippen molar-refractivity contribution in [2.75, 3.05) is 17.8 Å². The van der Waals surface area contributed by atoms with Crippen LogP contribution in [0.3, 0.4) is 0 Å². The summed E-state index contributed by atoms with van der Waals surface area (Å²) >= 11 is -6.80. The zero-order valence-corrected chi connectivity index (χ0v) is 12.1. The molecule has 0 rings (SSSR count). The normalized spacial score (nSPS) is 13.9. The van der Waals surface area contributed by atoms with Crippen molar-refractivity contribution >= 4 is 33.2 Å². The summed E-state index contributed by atoms with van der Waals surface area (Å²) in [7, 11) is 0. The topological polar surface area (TPSA) is 181 Å². The molecule has 9 nitrogen and oxygen atoms in total. The fraction of sp³-hybridized carbons (Fsp3) is 1.00. The predicted molar refractivity (Wildman–Crippen MR) is 48.0 cm³/mol. The molecule has 0 heterocycles. The Hall–Kier alpha value is 0.950. The molecule has 0 saturated carbocycles. The average molecular weight is 482 g/mol. The molecular weight excluding hydrogens is 473 g/mol. The number of hydrogen-bond donors (Lipinski definition) is 3. The molecule has 0 aliphatic carbocycles. The van der Waals surface area contributed by atoms with Crippen LogP contribution in [0.1, 0.15) is 0 Å². The quantitative estimate of drug-likeness (QED) is 0.271. The van der Waals surface area contributed by atoms with Crippen molar-refractivity contribution in [2.45, 2.75) is 0 Å². The van der Waals surface area contributed by atoms with E-state index in [4.69, 9.17) is 41.6 Å². The van der Waals surface area contributed by atoms with Crippen molar-refractivity contribution in [1.29, 1.82) is 0 Å². The second kappa shape index (κ2) is 21.3. The average Bonchev–Trinajstić information content (AvgIpc) is 2.19. The Balaban J connectivity index is -0.0000000655. The van der Waals surface area contributed by atoms with Gasteiger partial charge in [0.1, 0.15) is 17.8 Å².